The largest absolute Gasteiger partial charge is 0.454 e. The second-order valence-electron chi connectivity index (χ2n) is 8.49. The average molecular weight is 441 g/mol. The molecule has 2 aliphatic heterocycles. The Morgan fingerprint density at radius 3 is 2.53 bits per heavy atom. The fourth-order valence-electron chi connectivity index (χ4n) is 4.51. The van der Waals surface area contributed by atoms with Gasteiger partial charge in [0, 0.05) is 53.4 Å². The van der Waals surface area contributed by atoms with Crippen LogP contribution in [0, 0.1) is 0 Å². The van der Waals surface area contributed by atoms with Crippen molar-refractivity contribution in [3.8, 4) is 11.5 Å². The van der Waals surface area contributed by atoms with Crippen molar-refractivity contribution in [1.29, 1.82) is 0 Å². The van der Waals surface area contributed by atoms with E-state index >= 15 is 0 Å². The Morgan fingerprint density at radius 2 is 1.72 bits per heavy atom. The Hall–Kier alpha value is -3.11. The van der Waals surface area contributed by atoms with Gasteiger partial charge in [-0.15, -0.1) is 0 Å². The molecule has 2 aliphatic rings. The van der Waals surface area contributed by atoms with E-state index in [2.05, 4.69) is 26.9 Å². The van der Waals surface area contributed by atoms with E-state index in [0.717, 1.165) is 57.2 Å². The van der Waals surface area contributed by atoms with Crippen LogP contribution in [0.4, 0.5) is 0 Å². The van der Waals surface area contributed by atoms with Gasteiger partial charge in [0.05, 0.1) is 6.33 Å². The zero-order valence-corrected chi connectivity index (χ0v) is 18.5. The van der Waals surface area contributed by atoms with Gasteiger partial charge in [-0.25, -0.2) is 9.78 Å². The van der Waals surface area contributed by atoms with E-state index in [-0.39, 0.29) is 11.2 Å². The van der Waals surface area contributed by atoms with Crippen molar-refractivity contribution in [2.24, 2.45) is 14.1 Å². The minimum Gasteiger partial charge on any atom is -0.454 e. The van der Waals surface area contributed by atoms with Gasteiger partial charge in [0.1, 0.15) is 0 Å². The molecule has 1 saturated heterocycles. The summed E-state index contributed by atoms with van der Waals surface area (Å²) in [6.45, 7) is 6.36. The van der Waals surface area contributed by atoms with Crippen LogP contribution in [0.25, 0.3) is 11.2 Å². The second-order valence-corrected chi connectivity index (χ2v) is 8.49. The van der Waals surface area contributed by atoms with Crippen molar-refractivity contribution in [2.75, 3.05) is 39.5 Å². The lowest BCUT2D eigenvalue weighted by Crippen LogP contribution is -2.46. The summed E-state index contributed by atoms with van der Waals surface area (Å²) in [5, 5.41) is 0. The van der Waals surface area contributed by atoms with Crippen molar-refractivity contribution in [3.05, 3.63) is 50.9 Å². The van der Waals surface area contributed by atoms with Gasteiger partial charge < -0.3 is 18.9 Å². The first-order valence-electron chi connectivity index (χ1n) is 11.0. The number of aromatic nitrogens is 4. The third-order valence-electron chi connectivity index (χ3n) is 6.37. The maximum absolute atomic E-state index is 12.8. The number of ether oxygens (including phenoxy) is 2. The molecular formula is C22H28N6O4. The Labute approximate surface area is 185 Å². The average Bonchev–Trinajstić information content (AvgIpc) is 3.42. The highest BCUT2D eigenvalue weighted by Crippen LogP contribution is 2.32. The van der Waals surface area contributed by atoms with E-state index in [1.54, 1.807) is 25.0 Å². The molecule has 0 saturated carbocycles. The summed E-state index contributed by atoms with van der Waals surface area (Å²) in [5.74, 6) is 1.64. The van der Waals surface area contributed by atoms with E-state index in [0.29, 0.717) is 24.5 Å². The lowest BCUT2D eigenvalue weighted by molar-refractivity contribution is 0.125. The molecule has 0 radical (unpaired) electrons. The number of hydrogen-bond donors (Lipinski definition) is 0. The number of rotatable bonds is 6. The Kier molecular flexibility index (Phi) is 5.48. The Morgan fingerprint density at radius 1 is 0.969 bits per heavy atom. The third kappa shape index (κ3) is 3.80. The highest BCUT2D eigenvalue weighted by Gasteiger charge is 2.19. The van der Waals surface area contributed by atoms with E-state index in [9.17, 15) is 9.59 Å². The molecule has 0 N–H and O–H groups in total. The molecule has 170 valence electrons. The number of nitrogens with zero attached hydrogens (tertiary/aromatic N) is 6. The van der Waals surface area contributed by atoms with Crippen LogP contribution in [-0.2, 0) is 27.2 Å². The number of fused-ring (bicyclic) bond motifs is 2. The zero-order valence-electron chi connectivity index (χ0n) is 18.5. The number of piperazine rings is 1. The van der Waals surface area contributed by atoms with Crippen LogP contribution in [0.15, 0.2) is 34.1 Å². The van der Waals surface area contributed by atoms with Gasteiger partial charge in [-0.05, 0) is 30.7 Å². The van der Waals surface area contributed by atoms with E-state index in [4.69, 9.17) is 9.47 Å². The lowest BCUT2D eigenvalue weighted by atomic mass is 10.1. The van der Waals surface area contributed by atoms with Crippen LogP contribution in [0.5, 0.6) is 11.5 Å². The van der Waals surface area contributed by atoms with Gasteiger partial charge in [-0.3, -0.25) is 18.8 Å². The van der Waals surface area contributed by atoms with Crippen molar-refractivity contribution < 1.29 is 9.47 Å². The minimum absolute atomic E-state index is 0.267. The molecule has 0 spiro atoms. The second kappa shape index (κ2) is 8.44. The maximum Gasteiger partial charge on any atom is 0.332 e. The SMILES string of the molecule is Cn1cnc2c1c(=O)n(CCCN1CCN(Cc3ccc4c(c3)OCO4)CC1)c(=O)n2C. The molecule has 32 heavy (non-hydrogen) atoms. The predicted octanol–water partition coefficient (Wildman–Crippen LogP) is 0.370. The molecule has 2 aromatic heterocycles. The molecule has 0 amide bonds. The fourth-order valence-corrected chi connectivity index (χ4v) is 4.51. The monoisotopic (exact) mass is 440 g/mol. The highest BCUT2D eigenvalue weighted by molar-refractivity contribution is 5.69. The summed E-state index contributed by atoms with van der Waals surface area (Å²) in [4.78, 5) is 34.4. The van der Waals surface area contributed by atoms with Crippen LogP contribution < -0.4 is 20.7 Å². The number of benzene rings is 1. The van der Waals surface area contributed by atoms with Crippen LogP contribution in [0.1, 0.15) is 12.0 Å². The molecular weight excluding hydrogens is 412 g/mol. The molecule has 0 unspecified atom stereocenters. The molecule has 3 aromatic rings. The summed E-state index contributed by atoms with van der Waals surface area (Å²) in [6, 6.07) is 6.13. The zero-order chi connectivity index (χ0) is 22.2. The number of imidazole rings is 1. The summed E-state index contributed by atoms with van der Waals surface area (Å²) in [7, 11) is 3.43. The van der Waals surface area contributed by atoms with Crippen LogP contribution in [0.2, 0.25) is 0 Å². The summed E-state index contributed by atoms with van der Waals surface area (Å²) in [5.41, 5.74) is 1.54. The van der Waals surface area contributed by atoms with Gasteiger partial charge in [0.15, 0.2) is 22.7 Å². The molecule has 10 nitrogen and oxygen atoms in total. The van der Waals surface area contributed by atoms with Gasteiger partial charge in [-0.1, -0.05) is 6.07 Å². The molecule has 0 atom stereocenters. The summed E-state index contributed by atoms with van der Waals surface area (Å²) >= 11 is 0. The van der Waals surface area contributed by atoms with Crippen molar-refractivity contribution in [3.63, 3.8) is 0 Å². The normalized spacial score (nSPS) is 16.8. The van der Waals surface area contributed by atoms with Crippen LogP contribution in [-0.4, -0.2) is 68.0 Å². The third-order valence-corrected chi connectivity index (χ3v) is 6.37. The Balaban J connectivity index is 1.15. The first kappa shape index (κ1) is 20.8. The molecule has 1 aromatic carbocycles. The van der Waals surface area contributed by atoms with E-state index in [1.807, 2.05) is 6.07 Å². The van der Waals surface area contributed by atoms with Gasteiger partial charge in [0.2, 0.25) is 6.79 Å². The smallest absolute Gasteiger partial charge is 0.332 e. The minimum atomic E-state index is -0.310. The van der Waals surface area contributed by atoms with Crippen LogP contribution in [0.3, 0.4) is 0 Å². The van der Waals surface area contributed by atoms with Crippen LogP contribution >= 0.6 is 0 Å². The topological polar surface area (TPSA) is 86.8 Å². The quantitative estimate of drug-likeness (QED) is 0.547. The summed E-state index contributed by atoms with van der Waals surface area (Å²) < 4.78 is 15.3. The van der Waals surface area contributed by atoms with Gasteiger partial charge in [-0.2, -0.15) is 0 Å². The fraction of sp³-hybridized carbons (Fsp3) is 0.500. The van der Waals surface area contributed by atoms with E-state index in [1.165, 1.54) is 14.7 Å². The van der Waals surface area contributed by atoms with Crippen molar-refractivity contribution >= 4 is 11.2 Å². The molecule has 4 heterocycles. The van der Waals surface area contributed by atoms with Crippen molar-refractivity contribution in [1.82, 2.24) is 28.5 Å². The van der Waals surface area contributed by atoms with Gasteiger partial charge in [0.25, 0.3) is 5.56 Å². The Bertz CT molecular complexity index is 1250. The first-order chi connectivity index (χ1) is 15.5. The lowest BCUT2D eigenvalue weighted by Gasteiger charge is -2.34. The van der Waals surface area contributed by atoms with E-state index < -0.39 is 0 Å². The first-order valence-corrected chi connectivity index (χ1v) is 11.0. The standard InChI is InChI=1S/C22H28N6O4/c1-24-14-23-20-19(24)21(29)28(22(30)25(20)2)7-3-6-26-8-10-27(11-9-26)13-16-4-5-17-18(12-16)32-15-31-17/h4-5,12,14H,3,6-11,13,15H2,1-2H3. The molecule has 0 aliphatic carbocycles. The number of hydrogen-bond acceptors (Lipinski definition) is 7. The predicted molar refractivity (Wildman–Crippen MR) is 119 cm³/mol. The molecule has 0 bridgehead atoms. The van der Waals surface area contributed by atoms with Gasteiger partial charge >= 0.3 is 5.69 Å². The number of aryl methyl sites for hydroxylation is 2. The highest BCUT2D eigenvalue weighted by atomic mass is 16.7. The molecule has 10 heteroatoms. The van der Waals surface area contributed by atoms with Crippen molar-refractivity contribution in [2.45, 2.75) is 19.5 Å². The summed E-state index contributed by atoms with van der Waals surface area (Å²) in [6.07, 6.45) is 2.32. The molecule has 5 rings (SSSR count). The molecule has 1 fully saturated rings. The maximum atomic E-state index is 12.8.